The van der Waals surface area contributed by atoms with Crippen LogP contribution in [0.4, 0.5) is 15.3 Å². The van der Waals surface area contributed by atoms with E-state index in [1.165, 1.54) is 25.3 Å². The summed E-state index contributed by atoms with van der Waals surface area (Å²) in [4.78, 5) is 25.2. The molecule has 1 aromatic carbocycles. The van der Waals surface area contributed by atoms with Crippen LogP contribution in [0.3, 0.4) is 0 Å². The Kier molecular flexibility index (Phi) is 9.00. The van der Waals surface area contributed by atoms with E-state index in [2.05, 4.69) is 0 Å². The van der Waals surface area contributed by atoms with Crippen LogP contribution in [0.25, 0.3) is 0 Å². The maximum atomic E-state index is 12.4. The number of methoxy groups -OCH3 is 1. The van der Waals surface area contributed by atoms with E-state index in [1.807, 2.05) is 0 Å². The standard InChI is InChI=1S/C13H10Cl7NO5/c1-24-9-3-2-7(14)4-8(9)21(10(22)25-5-12(15,16)17)11(23)26-6-13(18,19)20/h2-4H,5-6H2,1H3. The van der Waals surface area contributed by atoms with Gasteiger partial charge < -0.3 is 14.2 Å². The predicted octanol–water partition coefficient (Wildman–Crippen LogP) is 6.17. The van der Waals surface area contributed by atoms with Crippen LogP contribution >= 0.6 is 81.2 Å². The summed E-state index contributed by atoms with van der Waals surface area (Å²) in [5.41, 5.74) is -0.0939. The van der Waals surface area contributed by atoms with E-state index in [1.54, 1.807) is 0 Å². The maximum absolute atomic E-state index is 12.4. The van der Waals surface area contributed by atoms with Gasteiger partial charge in [-0.05, 0) is 18.2 Å². The number of ether oxygens (including phenoxy) is 3. The third-order valence-electron chi connectivity index (χ3n) is 2.47. The maximum Gasteiger partial charge on any atom is 0.424 e. The molecule has 0 aliphatic rings. The number of carbonyl (C=O) groups is 2. The Morgan fingerprint density at radius 3 is 1.81 bits per heavy atom. The second-order valence-corrected chi connectivity index (χ2v) is 9.96. The fourth-order valence-electron chi connectivity index (χ4n) is 1.53. The van der Waals surface area contributed by atoms with Gasteiger partial charge in [-0.1, -0.05) is 81.2 Å². The molecule has 0 radical (unpaired) electrons. The third kappa shape index (κ3) is 8.21. The first-order valence-corrected chi connectivity index (χ1v) is 9.09. The molecular weight excluding hydrogens is 498 g/mol. The van der Waals surface area contributed by atoms with Crippen molar-refractivity contribution in [2.75, 3.05) is 25.2 Å². The summed E-state index contributed by atoms with van der Waals surface area (Å²) in [6.45, 7) is -1.29. The molecule has 0 N–H and O–H groups in total. The second kappa shape index (κ2) is 9.82. The first kappa shape index (κ1) is 23.8. The number of anilines is 1. The number of amides is 2. The highest BCUT2D eigenvalue weighted by atomic mass is 35.6. The number of carbonyl (C=O) groups excluding carboxylic acids is 2. The molecule has 0 aliphatic heterocycles. The molecule has 0 aromatic heterocycles. The fraction of sp³-hybridized carbons (Fsp3) is 0.385. The van der Waals surface area contributed by atoms with Crippen LogP contribution in [0.1, 0.15) is 0 Å². The predicted molar refractivity (Wildman–Crippen MR) is 104 cm³/mol. The Labute approximate surface area is 184 Å². The van der Waals surface area contributed by atoms with Gasteiger partial charge in [0.2, 0.25) is 7.59 Å². The SMILES string of the molecule is COc1ccc(Cl)cc1N(C(=O)OCC(Cl)(Cl)Cl)C(=O)OCC(Cl)(Cl)Cl. The van der Waals surface area contributed by atoms with Gasteiger partial charge in [-0.15, -0.1) is 0 Å². The lowest BCUT2D eigenvalue weighted by atomic mass is 10.2. The van der Waals surface area contributed by atoms with Crippen LogP contribution in [0, 0.1) is 0 Å². The molecule has 26 heavy (non-hydrogen) atoms. The van der Waals surface area contributed by atoms with Crippen LogP contribution in [-0.2, 0) is 9.47 Å². The number of imide groups is 1. The first-order chi connectivity index (χ1) is 11.8. The lowest BCUT2D eigenvalue weighted by Crippen LogP contribution is -2.40. The summed E-state index contributed by atoms with van der Waals surface area (Å²) in [6.07, 6.45) is -2.46. The van der Waals surface area contributed by atoms with Gasteiger partial charge in [-0.3, -0.25) is 0 Å². The van der Waals surface area contributed by atoms with Crippen molar-refractivity contribution in [3.05, 3.63) is 23.2 Å². The molecule has 0 heterocycles. The average Bonchev–Trinajstić information content (AvgIpc) is 2.50. The van der Waals surface area contributed by atoms with Gasteiger partial charge in [0.1, 0.15) is 24.7 Å². The minimum Gasteiger partial charge on any atom is -0.495 e. The van der Waals surface area contributed by atoms with Crippen molar-refractivity contribution in [3.63, 3.8) is 0 Å². The molecule has 0 atom stereocenters. The topological polar surface area (TPSA) is 65.1 Å². The number of nitrogens with zero attached hydrogens (tertiary/aromatic N) is 1. The van der Waals surface area contributed by atoms with Gasteiger partial charge in [0.15, 0.2) is 0 Å². The van der Waals surface area contributed by atoms with Crippen molar-refractivity contribution < 1.29 is 23.8 Å². The normalized spacial score (nSPS) is 11.7. The second-order valence-electron chi connectivity index (χ2n) is 4.49. The molecule has 146 valence electrons. The Bertz CT molecular complexity index is 629. The van der Waals surface area contributed by atoms with E-state index in [0.717, 1.165) is 0 Å². The summed E-state index contributed by atoms with van der Waals surface area (Å²) >= 11 is 39.1. The van der Waals surface area contributed by atoms with E-state index in [4.69, 9.17) is 95.4 Å². The number of benzene rings is 1. The van der Waals surface area contributed by atoms with E-state index >= 15 is 0 Å². The largest absolute Gasteiger partial charge is 0.495 e. The molecule has 6 nitrogen and oxygen atoms in total. The summed E-state index contributed by atoms with van der Waals surface area (Å²) in [6, 6.07) is 4.14. The minimum absolute atomic E-state index is 0.0939. The van der Waals surface area contributed by atoms with E-state index < -0.39 is 33.0 Å². The molecule has 0 saturated carbocycles. The van der Waals surface area contributed by atoms with Crippen LogP contribution < -0.4 is 9.64 Å². The number of alkyl halides is 6. The van der Waals surface area contributed by atoms with Crippen molar-refractivity contribution in [2.24, 2.45) is 0 Å². The monoisotopic (exact) mass is 505 g/mol. The summed E-state index contributed by atoms with van der Waals surface area (Å²) in [7, 11) is 1.31. The van der Waals surface area contributed by atoms with Crippen molar-refractivity contribution in [3.8, 4) is 5.75 Å². The molecule has 1 rings (SSSR count). The van der Waals surface area contributed by atoms with E-state index in [-0.39, 0.29) is 16.5 Å². The fourth-order valence-corrected chi connectivity index (χ4v) is 2.02. The molecule has 0 aliphatic carbocycles. The highest BCUT2D eigenvalue weighted by molar-refractivity contribution is 6.68. The molecule has 0 spiro atoms. The Hall–Kier alpha value is -0.210. The highest BCUT2D eigenvalue weighted by Gasteiger charge is 2.34. The lowest BCUT2D eigenvalue weighted by Gasteiger charge is -2.23. The zero-order valence-electron chi connectivity index (χ0n) is 12.8. The van der Waals surface area contributed by atoms with Gasteiger partial charge in [-0.2, -0.15) is 4.90 Å². The van der Waals surface area contributed by atoms with E-state index in [0.29, 0.717) is 4.90 Å². The van der Waals surface area contributed by atoms with Crippen LogP contribution in [0.15, 0.2) is 18.2 Å². The number of hydrogen-bond donors (Lipinski definition) is 0. The van der Waals surface area contributed by atoms with E-state index in [9.17, 15) is 9.59 Å². The molecule has 0 saturated heterocycles. The van der Waals surface area contributed by atoms with Crippen molar-refractivity contribution in [1.29, 1.82) is 0 Å². The lowest BCUT2D eigenvalue weighted by molar-refractivity contribution is 0.136. The molecule has 0 bridgehead atoms. The zero-order valence-corrected chi connectivity index (χ0v) is 18.1. The molecule has 13 heteroatoms. The van der Waals surface area contributed by atoms with Crippen molar-refractivity contribution in [1.82, 2.24) is 0 Å². The zero-order chi connectivity index (χ0) is 20.1. The number of hydrogen-bond acceptors (Lipinski definition) is 5. The molecule has 2 amide bonds. The highest BCUT2D eigenvalue weighted by Crippen LogP contribution is 2.34. The van der Waals surface area contributed by atoms with Crippen LogP contribution in [0.5, 0.6) is 5.75 Å². The van der Waals surface area contributed by atoms with Crippen LogP contribution in [0.2, 0.25) is 5.02 Å². The molecule has 0 fully saturated rings. The quantitative estimate of drug-likeness (QED) is 0.456. The van der Waals surface area contributed by atoms with Crippen molar-refractivity contribution >= 4 is 99.1 Å². The Balaban J connectivity index is 3.19. The smallest absolute Gasteiger partial charge is 0.424 e. The van der Waals surface area contributed by atoms with Crippen molar-refractivity contribution in [2.45, 2.75) is 7.59 Å². The van der Waals surface area contributed by atoms with Gasteiger partial charge >= 0.3 is 12.2 Å². The van der Waals surface area contributed by atoms with Gasteiger partial charge in [0.05, 0.1) is 7.11 Å². The average molecular weight is 508 g/mol. The third-order valence-corrected chi connectivity index (χ3v) is 3.36. The number of halogens is 7. The molecule has 0 unspecified atom stereocenters. The Morgan fingerprint density at radius 2 is 1.42 bits per heavy atom. The minimum atomic E-state index is -1.90. The van der Waals surface area contributed by atoms with Gasteiger partial charge in [0, 0.05) is 5.02 Å². The number of rotatable bonds is 4. The Morgan fingerprint density at radius 1 is 0.962 bits per heavy atom. The summed E-state index contributed by atoms with van der Waals surface area (Å²) in [5.74, 6) is 0.103. The first-order valence-electron chi connectivity index (χ1n) is 6.45. The summed E-state index contributed by atoms with van der Waals surface area (Å²) < 4.78 is 10.9. The summed E-state index contributed by atoms with van der Waals surface area (Å²) in [5, 5.41) is 0.189. The molecular formula is C13H10Cl7NO5. The van der Waals surface area contributed by atoms with Crippen LogP contribution in [-0.4, -0.2) is 40.1 Å². The molecule has 1 aromatic rings. The van der Waals surface area contributed by atoms with Gasteiger partial charge in [-0.25, -0.2) is 9.59 Å². The van der Waals surface area contributed by atoms with Gasteiger partial charge in [0.25, 0.3) is 0 Å².